The Morgan fingerprint density at radius 3 is 2.47 bits per heavy atom. The van der Waals surface area contributed by atoms with Crippen molar-refractivity contribution in [2.75, 3.05) is 14.1 Å². The summed E-state index contributed by atoms with van der Waals surface area (Å²) in [5.41, 5.74) is 5.05. The summed E-state index contributed by atoms with van der Waals surface area (Å²) in [5, 5.41) is 0.892. The molecule has 1 aliphatic heterocycles. The van der Waals surface area contributed by atoms with Crippen molar-refractivity contribution in [3.63, 3.8) is 0 Å². The Hall–Kier alpha value is -3.83. The van der Waals surface area contributed by atoms with Gasteiger partial charge in [-0.2, -0.15) is 0 Å². The van der Waals surface area contributed by atoms with Crippen molar-refractivity contribution in [3.8, 4) is 22.6 Å². The molecular weight excluding hydrogens is 426 g/mol. The molecule has 1 unspecified atom stereocenters. The molecule has 1 atom stereocenters. The number of fused-ring (bicyclic) bond motifs is 2. The molecule has 0 bridgehead atoms. The van der Waals surface area contributed by atoms with Gasteiger partial charge in [-0.3, -0.25) is 9.69 Å². The monoisotopic (exact) mass is 453 g/mol. The molecule has 172 valence electrons. The predicted octanol–water partition coefficient (Wildman–Crippen LogP) is 6.37. The molecular formula is C29H27NO4. The van der Waals surface area contributed by atoms with E-state index in [1.165, 1.54) is 0 Å². The zero-order valence-electron chi connectivity index (χ0n) is 19.8. The lowest BCUT2D eigenvalue weighted by Crippen LogP contribution is -2.30. The van der Waals surface area contributed by atoms with Crippen LogP contribution in [0.1, 0.15) is 34.2 Å². The van der Waals surface area contributed by atoms with Crippen LogP contribution in [0.2, 0.25) is 0 Å². The number of aryl methyl sites for hydroxylation is 1. The van der Waals surface area contributed by atoms with Gasteiger partial charge >= 0.3 is 0 Å². The minimum atomic E-state index is -0.148. The highest BCUT2D eigenvalue weighted by Gasteiger charge is 2.25. The predicted molar refractivity (Wildman–Crippen MR) is 134 cm³/mol. The summed E-state index contributed by atoms with van der Waals surface area (Å²) in [5.74, 6) is 1.69. The zero-order chi connectivity index (χ0) is 23.8. The molecule has 34 heavy (non-hydrogen) atoms. The quantitative estimate of drug-likeness (QED) is 0.251. The van der Waals surface area contributed by atoms with E-state index in [1.54, 1.807) is 6.26 Å². The maximum atomic E-state index is 13.6. The maximum absolute atomic E-state index is 13.6. The number of rotatable bonds is 6. The molecule has 0 amide bonds. The van der Waals surface area contributed by atoms with E-state index in [9.17, 15) is 4.79 Å². The highest BCUT2D eigenvalue weighted by atomic mass is 16.5. The van der Waals surface area contributed by atoms with Crippen molar-refractivity contribution < 1.29 is 18.7 Å². The Labute approximate surface area is 199 Å². The van der Waals surface area contributed by atoms with E-state index in [1.807, 2.05) is 93.5 Å². The van der Waals surface area contributed by atoms with Crippen molar-refractivity contribution in [1.82, 2.24) is 4.90 Å². The van der Waals surface area contributed by atoms with Gasteiger partial charge in [0.1, 0.15) is 23.3 Å². The first kappa shape index (κ1) is 22.0. The molecule has 2 heterocycles. The first-order valence-corrected chi connectivity index (χ1v) is 11.4. The molecule has 0 N–H and O–H groups in total. The number of carbonyl (C=O) groups is 1. The van der Waals surface area contributed by atoms with E-state index in [-0.39, 0.29) is 12.0 Å². The second-order valence-electron chi connectivity index (χ2n) is 8.86. The molecule has 5 heteroatoms. The van der Waals surface area contributed by atoms with Crippen molar-refractivity contribution in [3.05, 3.63) is 95.5 Å². The summed E-state index contributed by atoms with van der Waals surface area (Å²) in [6, 6.07) is 19.3. The summed E-state index contributed by atoms with van der Waals surface area (Å²) < 4.78 is 17.9. The molecule has 0 aliphatic carbocycles. The fourth-order valence-electron chi connectivity index (χ4n) is 4.02. The Kier molecular flexibility index (Phi) is 5.72. The highest BCUT2D eigenvalue weighted by molar-refractivity contribution is 6.15. The van der Waals surface area contributed by atoms with Gasteiger partial charge in [0.15, 0.2) is 5.76 Å². The zero-order valence-corrected chi connectivity index (χ0v) is 19.8. The molecule has 5 rings (SSSR count). The van der Waals surface area contributed by atoms with Gasteiger partial charge in [0, 0.05) is 22.6 Å². The molecule has 1 aliphatic rings. The third-order valence-corrected chi connectivity index (χ3v) is 6.20. The third kappa shape index (κ3) is 4.11. The van der Waals surface area contributed by atoms with E-state index in [4.69, 9.17) is 13.9 Å². The Bertz CT molecular complexity index is 1380. The maximum Gasteiger partial charge on any atom is 0.228 e. The smallest absolute Gasteiger partial charge is 0.228 e. The second kappa shape index (κ2) is 8.84. The largest absolute Gasteiger partial charge is 0.475 e. The Balaban J connectivity index is 1.63. The molecule has 0 saturated carbocycles. The standard InChI is InChI=1S/C29H27NO4/c1-18-7-9-21(10-8-18)28(31)29-27(20-11-13-23(14-12-20)33-19(2)30(3)4)24-16-22-6-5-15-32-25(22)17-26(24)34-29/h5,7-17,19H,6H2,1-4H3. The van der Waals surface area contributed by atoms with E-state index in [2.05, 4.69) is 6.07 Å². The van der Waals surface area contributed by atoms with E-state index < -0.39 is 0 Å². The van der Waals surface area contributed by atoms with Crippen LogP contribution in [-0.2, 0) is 6.42 Å². The van der Waals surface area contributed by atoms with Gasteiger partial charge < -0.3 is 13.9 Å². The minimum Gasteiger partial charge on any atom is -0.475 e. The van der Waals surface area contributed by atoms with Crippen molar-refractivity contribution >= 4 is 16.8 Å². The molecule has 0 radical (unpaired) electrons. The lowest BCUT2D eigenvalue weighted by molar-refractivity contribution is 0.0815. The fraction of sp³-hybridized carbons (Fsp3) is 0.207. The van der Waals surface area contributed by atoms with E-state index >= 15 is 0 Å². The van der Waals surface area contributed by atoms with Crippen molar-refractivity contribution in [2.24, 2.45) is 0 Å². The number of ether oxygens (including phenoxy) is 2. The molecule has 0 fully saturated rings. The minimum absolute atomic E-state index is 0.0566. The molecule has 1 aromatic heterocycles. The van der Waals surface area contributed by atoms with Gasteiger partial charge in [0.25, 0.3) is 0 Å². The number of hydrogen-bond acceptors (Lipinski definition) is 5. The van der Waals surface area contributed by atoms with E-state index in [0.717, 1.165) is 45.6 Å². The Morgan fingerprint density at radius 1 is 1.03 bits per heavy atom. The number of ketones is 1. The highest BCUT2D eigenvalue weighted by Crippen LogP contribution is 2.40. The molecule has 0 spiro atoms. The SMILES string of the molecule is Cc1ccc(C(=O)c2oc3cc4c(cc3c2-c2ccc(OC(C)N(C)C)cc2)CC=CO4)cc1. The average molecular weight is 454 g/mol. The lowest BCUT2D eigenvalue weighted by Gasteiger charge is -2.21. The number of carbonyl (C=O) groups excluding carboxylic acids is 1. The normalized spacial score (nSPS) is 13.6. The van der Waals surface area contributed by atoms with Gasteiger partial charge in [-0.05, 0) is 69.8 Å². The number of furan rings is 1. The summed E-state index contributed by atoms with van der Waals surface area (Å²) in [7, 11) is 3.94. The number of nitrogens with zero attached hydrogens (tertiary/aromatic N) is 1. The number of benzene rings is 3. The van der Waals surface area contributed by atoms with E-state index in [0.29, 0.717) is 16.9 Å². The van der Waals surface area contributed by atoms with Crippen molar-refractivity contribution in [2.45, 2.75) is 26.5 Å². The van der Waals surface area contributed by atoms with Crippen LogP contribution in [0.4, 0.5) is 0 Å². The van der Waals surface area contributed by atoms with Crippen LogP contribution in [-0.4, -0.2) is 31.0 Å². The first-order chi connectivity index (χ1) is 16.4. The lowest BCUT2D eigenvalue weighted by atomic mass is 9.96. The van der Waals surface area contributed by atoms with Gasteiger partial charge in [0.05, 0.1) is 6.26 Å². The van der Waals surface area contributed by atoms with Crippen LogP contribution in [0.3, 0.4) is 0 Å². The summed E-state index contributed by atoms with van der Waals surface area (Å²) in [6.07, 6.45) is 4.37. The Morgan fingerprint density at radius 2 is 1.76 bits per heavy atom. The third-order valence-electron chi connectivity index (χ3n) is 6.20. The first-order valence-electron chi connectivity index (χ1n) is 11.4. The number of allylic oxidation sites excluding steroid dienone is 1. The topological polar surface area (TPSA) is 51.9 Å². The summed E-state index contributed by atoms with van der Waals surface area (Å²) >= 11 is 0. The van der Waals surface area contributed by atoms with Crippen LogP contribution in [0.5, 0.6) is 11.5 Å². The summed E-state index contributed by atoms with van der Waals surface area (Å²) in [4.78, 5) is 15.6. The van der Waals surface area contributed by atoms with Crippen LogP contribution < -0.4 is 9.47 Å². The van der Waals surface area contributed by atoms with Crippen LogP contribution in [0.15, 0.2) is 77.4 Å². The summed E-state index contributed by atoms with van der Waals surface area (Å²) in [6.45, 7) is 4.00. The van der Waals surface area contributed by atoms with Crippen LogP contribution in [0, 0.1) is 6.92 Å². The van der Waals surface area contributed by atoms with Crippen LogP contribution >= 0.6 is 0 Å². The van der Waals surface area contributed by atoms with Crippen molar-refractivity contribution in [1.29, 1.82) is 0 Å². The van der Waals surface area contributed by atoms with Crippen LogP contribution in [0.25, 0.3) is 22.1 Å². The van der Waals surface area contributed by atoms with Gasteiger partial charge in [-0.15, -0.1) is 0 Å². The van der Waals surface area contributed by atoms with Gasteiger partial charge in [0.2, 0.25) is 5.78 Å². The average Bonchev–Trinajstić information content (AvgIpc) is 3.21. The van der Waals surface area contributed by atoms with Gasteiger partial charge in [-0.1, -0.05) is 42.0 Å². The van der Waals surface area contributed by atoms with Gasteiger partial charge in [-0.25, -0.2) is 0 Å². The number of hydrogen-bond donors (Lipinski definition) is 0. The molecule has 4 aromatic rings. The molecule has 3 aromatic carbocycles. The molecule has 5 nitrogen and oxygen atoms in total. The fourth-order valence-corrected chi connectivity index (χ4v) is 4.02. The second-order valence-corrected chi connectivity index (χ2v) is 8.86. The molecule has 0 saturated heterocycles.